The molecule has 3 rings (SSSR count). The van der Waals surface area contributed by atoms with Gasteiger partial charge in [-0.05, 0) is 31.2 Å². The molecule has 1 atom stereocenters. The van der Waals surface area contributed by atoms with Crippen molar-refractivity contribution in [3.8, 4) is 11.8 Å². The van der Waals surface area contributed by atoms with E-state index in [-0.39, 0.29) is 18.6 Å². The molecule has 4 heteroatoms. The van der Waals surface area contributed by atoms with Crippen molar-refractivity contribution in [3.63, 3.8) is 0 Å². The zero-order chi connectivity index (χ0) is 15.4. The van der Waals surface area contributed by atoms with Crippen molar-refractivity contribution in [1.29, 1.82) is 0 Å². The minimum Gasteiger partial charge on any atom is -0.367 e. The molecule has 1 aliphatic heterocycles. The average Bonchev–Trinajstić information content (AvgIpc) is 2.57. The Morgan fingerprint density at radius 3 is 2.64 bits per heavy atom. The monoisotopic (exact) mass is 292 g/mol. The van der Waals surface area contributed by atoms with Crippen molar-refractivity contribution in [2.75, 3.05) is 18.1 Å². The normalized spacial score (nSPS) is 17.8. The Morgan fingerprint density at radius 1 is 1.14 bits per heavy atom. The van der Waals surface area contributed by atoms with Crippen LogP contribution < -0.4 is 4.90 Å². The number of ether oxygens (including phenoxy) is 1. The van der Waals surface area contributed by atoms with Crippen LogP contribution in [0.3, 0.4) is 0 Å². The molecule has 1 aliphatic rings. The van der Waals surface area contributed by atoms with Crippen molar-refractivity contribution in [2.45, 2.75) is 13.0 Å². The lowest BCUT2D eigenvalue weighted by Gasteiger charge is -2.30. The first-order chi connectivity index (χ1) is 10.7. The molecule has 1 saturated heterocycles. The van der Waals surface area contributed by atoms with Gasteiger partial charge in [-0.25, -0.2) is 4.98 Å². The van der Waals surface area contributed by atoms with Gasteiger partial charge in [0.15, 0.2) is 0 Å². The van der Waals surface area contributed by atoms with Gasteiger partial charge in [0.25, 0.3) is 5.91 Å². The van der Waals surface area contributed by atoms with Crippen LogP contribution in [-0.4, -0.2) is 30.1 Å². The molecular weight excluding hydrogens is 276 g/mol. The third-order valence-corrected chi connectivity index (χ3v) is 3.38. The van der Waals surface area contributed by atoms with E-state index in [0.717, 1.165) is 11.1 Å². The van der Waals surface area contributed by atoms with Gasteiger partial charge >= 0.3 is 0 Å². The first-order valence-corrected chi connectivity index (χ1v) is 7.17. The van der Waals surface area contributed by atoms with Crippen LogP contribution >= 0.6 is 0 Å². The summed E-state index contributed by atoms with van der Waals surface area (Å²) in [7, 11) is 0. The fraction of sp³-hybridized carbons (Fsp3) is 0.222. The lowest BCUT2D eigenvalue weighted by molar-refractivity contribution is -0.128. The molecule has 2 heterocycles. The van der Waals surface area contributed by atoms with E-state index >= 15 is 0 Å². The van der Waals surface area contributed by atoms with Crippen LogP contribution in [-0.2, 0) is 9.53 Å². The van der Waals surface area contributed by atoms with Gasteiger partial charge < -0.3 is 4.74 Å². The number of rotatable bonds is 1. The van der Waals surface area contributed by atoms with Crippen LogP contribution in [0.15, 0.2) is 48.7 Å². The molecule has 0 radical (unpaired) electrons. The number of nitrogens with zero attached hydrogens (tertiary/aromatic N) is 2. The molecule has 0 aliphatic carbocycles. The minimum atomic E-state index is -0.0614. The number of carbonyl (C=O) groups excluding carboxylic acids is 1. The van der Waals surface area contributed by atoms with Crippen LogP contribution in [0.25, 0.3) is 0 Å². The number of morpholine rings is 1. The van der Waals surface area contributed by atoms with Crippen molar-refractivity contribution in [3.05, 3.63) is 59.8 Å². The molecule has 1 aromatic heterocycles. The summed E-state index contributed by atoms with van der Waals surface area (Å²) in [6, 6.07) is 13.5. The van der Waals surface area contributed by atoms with Gasteiger partial charge in [-0.15, -0.1) is 0 Å². The molecular formula is C18H16N2O2. The Balaban J connectivity index is 1.76. The standard InChI is InChI=1S/C18H16N2O2/c1-14-12-20(18(21)13-22-14)17-10-9-16(11-19-17)8-7-15-5-3-2-4-6-15/h2-6,9-11,14H,12-13H2,1H3/t14-/m0/s1. The first kappa shape index (κ1) is 14.3. The Morgan fingerprint density at radius 2 is 1.91 bits per heavy atom. The highest BCUT2D eigenvalue weighted by molar-refractivity contribution is 5.94. The molecule has 1 fully saturated rings. The van der Waals surface area contributed by atoms with Crippen LogP contribution in [0.1, 0.15) is 18.1 Å². The van der Waals surface area contributed by atoms with Crippen molar-refractivity contribution < 1.29 is 9.53 Å². The van der Waals surface area contributed by atoms with E-state index in [4.69, 9.17) is 4.74 Å². The number of aromatic nitrogens is 1. The van der Waals surface area contributed by atoms with E-state index in [9.17, 15) is 4.79 Å². The summed E-state index contributed by atoms with van der Waals surface area (Å²) >= 11 is 0. The number of anilines is 1. The number of hydrogen-bond donors (Lipinski definition) is 0. The van der Waals surface area contributed by atoms with Crippen LogP contribution in [0.5, 0.6) is 0 Å². The Labute approximate surface area is 129 Å². The van der Waals surface area contributed by atoms with E-state index < -0.39 is 0 Å². The van der Waals surface area contributed by atoms with Crippen LogP contribution in [0, 0.1) is 11.8 Å². The third kappa shape index (κ3) is 3.33. The second kappa shape index (κ2) is 6.42. The molecule has 0 unspecified atom stereocenters. The van der Waals surface area contributed by atoms with Crippen molar-refractivity contribution >= 4 is 11.7 Å². The molecule has 110 valence electrons. The number of carbonyl (C=O) groups is 1. The first-order valence-electron chi connectivity index (χ1n) is 7.17. The minimum absolute atomic E-state index is 0.0250. The summed E-state index contributed by atoms with van der Waals surface area (Å²) in [4.78, 5) is 17.9. The van der Waals surface area contributed by atoms with Gasteiger partial charge in [-0.3, -0.25) is 9.69 Å². The highest BCUT2D eigenvalue weighted by Crippen LogP contribution is 2.16. The van der Waals surface area contributed by atoms with Gasteiger partial charge in [-0.1, -0.05) is 30.0 Å². The third-order valence-electron chi connectivity index (χ3n) is 3.38. The quantitative estimate of drug-likeness (QED) is 0.757. The summed E-state index contributed by atoms with van der Waals surface area (Å²) in [5.74, 6) is 6.74. The molecule has 22 heavy (non-hydrogen) atoms. The Kier molecular flexibility index (Phi) is 4.17. The summed E-state index contributed by atoms with van der Waals surface area (Å²) in [5.41, 5.74) is 1.78. The molecule has 0 saturated carbocycles. The van der Waals surface area contributed by atoms with E-state index in [1.54, 1.807) is 11.1 Å². The molecule has 2 aromatic rings. The van der Waals surface area contributed by atoms with E-state index in [1.807, 2.05) is 49.4 Å². The molecule has 4 nitrogen and oxygen atoms in total. The van der Waals surface area contributed by atoms with Crippen molar-refractivity contribution in [1.82, 2.24) is 4.98 Å². The predicted octanol–water partition coefficient (Wildman–Crippen LogP) is 2.23. The number of amides is 1. The van der Waals surface area contributed by atoms with Gasteiger partial charge in [0.2, 0.25) is 0 Å². The summed E-state index contributed by atoms with van der Waals surface area (Å²) in [6.07, 6.45) is 1.72. The van der Waals surface area contributed by atoms with E-state index in [1.165, 1.54) is 0 Å². The number of benzene rings is 1. The fourth-order valence-electron chi connectivity index (χ4n) is 2.21. The SMILES string of the molecule is C[C@H]1CN(c2ccc(C#Cc3ccccc3)cn2)C(=O)CO1. The fourth-order valence-corrected chi connectivity index (χ4v) is 2.21. The largest absolute Gasteiger partial charge is 0.367 e. The molecule has 0 spiro atoms. The molecule has 0 bridgehead atoms. The highest BCUT2D eigenvalue weighted by Gasteiger charge is 2.25. The lowest BCUT2D eigenvalue weighted by atomic mass is 10.2. The maximum absolute atomic E-state index is 11.9. The maximum atomic E-state index is 11.9. The number of pyridine rings is 1. The molecule has 1 aromatic carbocycles. The van der Waals surface area contributed by atoms with Gasteiger partial charge in [0.05, 0.1) is 12.6 Å². The predicted molar refractivity (Wildman–Crippen MR) is 84.4 cm³/mol. The van der Waals surface area contributed by atoms with Crippen LogP contribution in [0.2, 0.25) is 0 Å². The maximum Gasteiger partial charge on any atom is 0.254 e. The smallest absolute Gasteiger partial charge is 0.254 e. The average molecular weight is 292 g/mol. The van der Waals surface area contributed by atoms with E-state index in [2.05, 4.69) is 16.8 Å². The topological polar surface area (TPSA) is 42.4 Å². The van der Waals surface area contributed by atoms with Gasteiger partial charge in [-0.2, -0.15) is 0 Å². The highest BCUT2D eigenvalue weighted by atomic mass is 16.5. The summed E-state index contributed by atoms with van der Waals surface area (Å²) in [6.45, 7) is 2.58. The summed E-state index contributed by atoms with van der Waals surface area (Å²) < 4.78 is 5.31. The molecule has 0 N–H and O–H groups in total. The number of hydrogen-bond acceptors (Lipinski definition) is 3. The lowest BCUT2D eigenvalue weighted by Crippen LogP contribution is -2.46. The van der Waals surface area contributed by atoms with Gasteiger partial charge in [0, 0.05) is 17.3 Å². The van der Waals surface area contributed by atoms with Gasteiger partial charge in [0.1, 0.15) is 12.4 Å². The van der Waals surface area contributed by atoms with Crippen molar-refractivity contribution in [2.24, 2.45) is 0 Å². The van der Waals surface area contributed by atoms with E-state index in [0.29, 0.717) is 12.4 Å². The zero-order valence-corrected chi connectivity index (χ0v) is 12.3. The van der Waals surface area contributed by atoms with Crippen LogP contribution in [0.4, 0.5) is 5.82 Å². The second-order valence-corrected chi connectivity index (χ2v) is 5.15. The second-order valence-electron chi connectivity index (χ2n) is 5.15. The Bertz CT molecular complexity index is 714. The zero-order valence-electron chi connectivity index (χ0n) is 12.3. The summed E-state index contributed by atoms with van der Waals surface area (Å²) in [5, 5.41) is 0. The Hall–Kier alpha value is -2.64. The molecule has 1 amide bonds.